The van der Waals surface area contributed by atoms with Crippen LogP contribution in [-0.4, -0.2) is 43.6 Å². The molecule has 2 aliphatic heterocycles. The molecule has 0 N–H and O–H groups in total. The third kappa shape index (κ3) is 3.91. The van der Waals surface area contributed by atoms with Crippen LogP contribution in [0.15, 0.2) is 0 Å². The number of ether oxygens (including phenoxy) is 2. The van der Waals surface area contributed by atoms with Gasteiger partial charge in [-0.05, 0) is 23.7 Å². The second-order valence-corrected chi connectivity index (χ2v) is 6.95. The summed E-state index contributed by atoms with van der Waals surface area (Å²) in [6.07, 6.45) is -1.63. The highest BCUT2D eigenvalue weighted by Gasteiger charge is 2.58. The van der Waals surface area contributed by atoms with Gasteiger partial charge in [-0.15, -0.1) is 0 Å². The van der Waals surface area contributed by atoms with Crippen LogP contribution in [0.3, 0.4) is 0 Å². The SMILES string of the molecule is CC1COCC1CC(F)(F)C(F)(F)CC1COCC1CBr. The third-order valence-electron chi connectivity index (χ3n) is 4.62. The Bertz CT molecular complexity index is 354. The Morgan fingerprint density at radius 2 is 1.33 bits per heavy atom. The highest BCUT2D eigenvalue weighted by Crippen LogP contribution is 2.46. The zero-order chi connectivity index (χ0) is 15.7. The van der Waals surface area contributed by atoms with E-state index < -0.39 is 36.5 Å². The number of halogens is 5. The van der Waals surface area contributed by atoms with E-state index in [1.807, 2.05) is 0 Å². The zero-order valence-corrected chi connectivity index (χ0v) is 13.6. The largest absolute Gasteiger partial charge is 0.381 e. The van der Waals surface area contributed by atoms with Crippen LogP contribution in [0.25, 0.3) is 0 Å². The first kappa shape index (κ1) is 17.5. The molecule has 4 unspecified atom stereocenters. The average molecular weight is 377 g/mol. The minimum absolute atomic E-state index is 0.100. The summed E-state index contributed by atoms with van der Waals surface area (Å²) >= 11 is 3.22. The van der Waals surface area contributed by atoms with Gasteiger partial charge in [-0.25, -0.2) is 0 Å². The maximum atomic E-state index is 14.1. The van der Waals surface area contributed by atoms with Gasteiger partial charge in [-0.1, -0.05) is 22.9 Å². The van der Waals surface area contributed by atoms with Crippen molar-refractivity contribution in [2.45, 2.75) is 31.6 Å². The van der Waals surface area contributed by atoms with Crippen LogP contribution in [0, 0.1) is 23.7 Å². The van der Waals surface area contributed by atoms with Crippen molar-refractivity contribution in [3.8, 4) is 0 Å². The predicted octanol–water partition coefficient (Wildman–Crippen LogP) is 3.98. The van der Waals surface area contributed by atoms with E-state index in [1.165, 1.54) is 0 Å². The highest BCUT2D eigenvalue weighted by atomic mass is 79.9. The minimum atomic E-state index is -4.01. The molecule has 0 bridgehead atoms. The second-order valence-electron chi connectivity index (χ2n) is 6.30. The van der Waals surface area contributed by atoms with E-state index in [2.05, 4.69) is 15.9 Å². The summed E-state index contributed by atoms with van der Waals surface area (Å²) in [5.74, 6) is -9.26. The molecule has 2 saturated heterocycles. The Labute approximate surface area is 130 Å². The first-order valence-electron chi connectivity index (χ1n) is 7.24. The van der Waals surface area contributed by atoms with Crippen molar-refractivity contribution < 1.29 is 27.0 Å². The van der Waals surface area contributed by atoms with Crippen molar-refractivity contribution in [2.75, 3.05) is 31.8 Å². The molecule has 2 fully saturated rings. The van der Waals surface area contributed by atoms with E-state index >= 15 is 0 Å². The molecule has 7 heteroatoms. The zero-order valence-electron chi connectivity index (χ0n) is 12.0. The summed E-state index contributed by atoms with van der Waals surface area (Å²) < 4.78 is 66.5. The fourth-order valence-electron chi connectivity index (χ4n) is 2.96. The van der Waals surface area contributed by atoms with E-state index in [9.17, 15) is 17.6 Å². The van der Waals surface area contributed by atoms with Gasteiger partial charge in [-0.3, -0.25) is 0 Å². The second kappa shape index (κ2) is 6.71. The van der Waals surface area contributed by atoms with Gasteiger partial charge >= 0.3 is 11.8 Å². The van der Waals surface area contributed by atoms with Crippen LogP contribution in [0.1, 0.15) is 19.8 Å². The van der Waals surface area contributed by atoms with Gasteiger partial charge in [0.25, 0.3) is 0 Å². The van der Waals surface area contributed by atoms with E-state index in [1.54, 1.807) is 6.92 Å². The molecule has 0 saturated carbocycles. The fraction of sp³-hybridized carbons (Fsp3) is 1.00. The summed E-state index contributed by atoms with van der Waals surface area (Å²) in [4.78, 5) is 0. The molecule has 0 aliphatic carbocycles. The Hall–Kier alpha value is 0.120. The van der Waals surface area contributed by atoms with Gasteiger partial charge in [0.15, 0.2) is 0 Å². The molecular formula is C14H21BrF4O2. The lowest BCUT2D eigenvalue weighted by atomic mass is 9.85. The lowest BCUT2D eigenvalue weighted by molar-refractivity contribution is -0.227. The summed E-state index contributed by atoms with van der Waals surface area (Å²) in [5, 5.41) is 0.493. The van der Waals surface area contributed by atoms with Gasteiger partial charge in [0.1, 0.15) is 0 Å². The molecule has 0 aromatic rings. The van der Waals surface area contributed by atoms with E-state index in [0.717, 1.165) is 0 Å². The molecule has 0 radical (unpaired) electrons. The monoisotopic (exact) mass is 376 g/mol. The summed E-state index contributed by atoms with van der Waals surface area (Å²) in [5.41, 5.74) is 0. The topological polar surface area (TPSA) is 18.5 Å². The van der Waals surface area contributed by atoms with Crippen LogP contribution in [0.4, 0.5) is 17.6 Å². The molecule has 124 valence electrons. The molecule has 21 heavy (non-hydrogen) atoms. The Morgan fingerprint density at radius 1 is 0.857 bits per heavy atom. The minimum Gasteiger partial charge on any atom is -0.381 e. The Morgan fingerprint density at radius 3 is 1.86 bits per heavy atom. The molecule has 2 rings (SSSR count). The van der Waals surface area contributed by atoms with Crippen molar-refractivity contribution in [3.05, 3.63) is 0 Å². The molecule has 2 nitrogen and oxygen atoms in total. The third-order valence-corrected chi connectivity index (χ3v) is 5.45. The van der Waals surface area contributed by atoms with Gasteiger partial charge in [0.2, 0.25) is 0 Å². The standard InChI is InChI=1S/C14H21BrF4O2/c1-9-5-20-6-10(9)2-13(16,17)14(18,19)3-11-7-21-8-12(11)4-15/h9-12H,2-8H2,1H3. The Kier molecular flexibility index (Phi) is 5.58. The van der Waals surface area contributed by atoms with Crippen LogP contribution in [0.5, 0.6) is 0 Å². The summed E-state index contributed by atoms with van der Waals surface area (Å²) in [7, 11) is 0. The summed E-state index contributed by atoms with van der Waals surface area (Å²) in [6, 6.07) is 0. The van der Waals surface area contributed by atoms with Crippen LogP contribution < -0.4 is 0 Å². The van der Waals surface area contributed by atoms with E-state index in [0.29, 0.717) is 18.5 Å². The fourth-order valence-corrected chi connectivity index (χ4v) is 3.68. The van der Waals surface area contributed by atoms with Crippen molar-refractivity contribution in [1.82, 2.24) is 0 Å². The smallest absolute Gasteiger partial charge is 0.310 e. The summed E-state index contributed by atoms with van der Waals surface area (Å²) in [6.45, 7) is 2.76. The van der Waals surface area contributed by atoms with Gasteiger partial charge in [0, 0.05) is 38.0 Å². The molecule has 2 aliphatic rings. The van der Waals surface area contributed by atoms with Crippen molar-refractivity contribution in [2.24, 2.45) is 23.7 Å². The van der Waals surface area contributed by atoms with Crippen molar-refractivity contribution in [1.29, 1.82) is 0 Å². The maximum absolute atomic E-state index is 14.1. The number of alkyl halides is 5. The highest BCUT2D eigenvalue weighted by molar-refractivity contribution is 9.09. The molecule has 2 heterocycles. The molecule has 0 spiro atoms. The van der Waals surface area contributed by atoms with Crippen LogP contribution in [-0.2, 0) is 9.47 Å². The van der Waals surface area contributed by atoms with E-state index in [-0.39, 0.29) is 25.0 Å². The lowest BCUT2D eigenvalue weighted by Gasteiger charge is -2.31. The molecule has 0 aromatic heterocycles. The molecular weight excluding hydrogens is 356 g/mol. The molecule has 0 amide bonds. The van der Waals surface area contributed by atoms with Crippen molar-refractivity contribution in [3.63, 3.8) is 0 Å². The average Bonchev–Trinajstić information content (AvgIpc) is 2.98. The first-order valence-corrected chi connectivity index (χ1v) is 8.36. The first-order chi connectivity index (χ1) is 9.77. The van der Waals surface area contributed by atoms with Crippen LogP contribution >= 0.6 is 15.9 Å². The number of hydrogen-bond donors (Lipinski definition) is 0. The molecule has 4 atom stereocenters. The maximum Gasteiger partial charge on any atom is 0.310 e. The predicted molar refractivity (Wildman–Crippen MR) is 74.2 cm³/mol. The van der Waals surface area contributed by atoms with Gasteiger partial charge < -0.3 is 9.47 Å². The molecule has 0 aromatic carbocycles. The normalized spacial score (nSPS) is 34.6. The quantitative estimate of drug-likeness (QED) is 0.515. The van der Waals surface area contributed by atoms with Crippen LogP contribution in [0.2, 0.25) is 0 Å². The van der Waals surface area contributed by atoms with E-state index in [4.69, 9.17) is 9.47 Å². The number of hydrogen-bond acceptors (Lipinski definition) is 2. The Balaban J connectivity index is 1.98. The number of rotatable bonds is 6. The van der Waals surface area contributed by atoms with Crippen molar-refractivity contribution >= 4 is 15.9 Å². The van der Waals surface area contributed by atoms with Gasteiger partial charge in [0.05, 0.1) is 6.61 Å². The lowest BCUT2D eigenvalue weighted by Crippen LogP contribution is -2.44. The van der Waals surface area contributed by atoms with Gasteiger partial charge in [-0.2, -0.15) is 17.6 Å².